The van der Waals surface area contributed by atoms with Crippen molar-refractivity contribution in [3.63, 3.8) is 0 Å². The van der Waals surface area contributed by atoms with Crippen molar-refractivity contribution >= 4 is 70.3 Å². The number of benzene rings is 2. The van der Waals surface area contributed by atoms with E-state index in [2.05, 4.69) is 38.0 Å². The number of aromatic nitrogens is 3. The van der Waals surface area contributed by atoms with Gasteiger partial charge in [0.25, 0.3) is 29.5 Å². The number of rotatable bonds is 28. The van der Waals surface area contributed by atoms with Gasteiger partial charge in [-0.25, -0.2) is 20.4 Å². The fourth-order valence-corrected chi connectivity index (χ4v) is 10.5. The van der Waals surface area contributed by atoms with Crippen molar-refractivity contribution in [2.75, 3.05) is 94.7 Å². The maximum Gasteiger partial charge on any atom is 0.416 e. The monoisotopic (exact) mass is 1280 g/mol. The molecule has 2 aromatic carbocycles. The van der Waals surface area contributed by atoms with Crippen molar-refractivity contribution < 1.29 is 97.1 Å². The third kappa shape index (κ3) is 16.4. The number of aliphatic hydroxyl groups is 4. The van der Waals surface area contributed by atoms with Crippen LogP contribution in [0.5, 0.6) is 17.2 Å². The van der Waals surface area contributed by atoms with Crippen molar-refractivity contribution in [2.45, 2.75) is 75.3 Å². The van der Waals surface area contributed by atoms with Crippen LogP contribution in [0.15, 0.2) is 79.3 Å². The summed E-state index contributed by atoms with van der Waals surface area (Å²) in [6.07, 6.45) is -7.15. The lowest BCUT2D eigenvalue weighted by molar-refractivity contribution is -0.271. The zero-order valence-corrected chi connectivity index (χ0v) is 51.4. The van der Waals surface area contributed by atoms with Crippen molar-refractivity contribution in [2.24, 2.45) is 27.0 Å². The minimum atomic E-state index is -2.03. The fraction of sp³-hybridized carbons (Fsp3) is 0.433. The minimum absolute atomic E-state index is 0.00842. The number of carbonyl (C=O) groups excluding carboxylic acids is 7. The number of aliphatic hydroxyl groups excluding tert-OH is 4. The number of anilines is 4. The van der Waals surface area contributed by atoms with E-state index in [1.54, 1.807) is 50.4 Å². The third-order valence-corrected chi connectivity index (χ3v) is 15.1. The first kappa shape index (κ1) is 68.5. The molecule has 7 atom stereocenters. The molecular formula is C60H76N12O20. The maximum atomic E-state index is 14.4. The van der Waals surface area contributed by atoms with E-state index in [0.717, 1.165) is 17.9 Å². The Morgan fingerprint density at radius 1 is 0.728 bits per heavy atom. The van der Waals surface area contributed by atoms with Gasteiger partial charge in [0, 0.05) is 71.9 Å². The van der Waals surface area contributed by atoms with Gasteiger partial charge in [-0.3, -0.25) is 28.8 Å². The Kier molecular flexibility index (Phi) is 22.8. The van der Waals surface area contributed by atoms with Crippen LogP contribution < -0.4 is 51.6 Å². The number of nitrogens with two attached hydrogens (primary N) is 1. The van der Waals surface area contributed by atoms with Gasteiger partial charge < -0.3 is 109 Å². The summed E-state index contributed by atoms with van der Waals surface area (Å²) in [6, 6.07) is 10.1. The Hall–Kier alpha value is -9.38. The number of hydrogen-bond acceptors (Lipinski definition) is 21. The maximum absolute atomic E-state index is 14.4. The molecule has 0 spiro atoms. The summed E-state index contributed by atoms with van der Waals surface area (Å²) in [6.45, 7) is 4.84. The van der Waals surface area contributed by atoms with Gasteiger partial charge in [-0.05, 0) is 81.9 Å². The molecule has 7 amide bonds. The Bertz CT molecular complexity index is 3560. The number of hydrogen-bond donors (Lipinski definition) is 11. The summed E-state index contributed by atoms with van der Waals surface area (Å²) >= 11 is 0. The first-order valence-electron chi connectivity index (χ1n) is 29.1. The van der Waals surface area contributed by atoms with Crippen LogP contribution in [0.3, 0.4) is 0 Å². The van der Waals surface area contributed by atoms with Gasteiger partial charge in [-0.2, -0.15) is 0 Å². The Balaban J connectivity index is 0.903. The first-order valence-corrected chi connectivity index (χ1v) is 29.1. The van der Waals surface area contributed by atoms with E-state index in [1.165, 1.54) is 63.6 Å². The predicted molar refractivity (Wildman–Crippen MR) is 326 cm³/mol. The molecule has 8 rings (SSSR count). The summed E-state index contributed by atoms with van der Waals surface area (Å²) < 4.78 is 38.6. The molecule has 1 unspecified atom stereocenters. The van der Waals surface area contributed by atoms with Gasteiger partial charge in [0.2, 0.25) is 12.2 Å². The van der Waals surface area contributed by atoms with Crippen LogP contribution in [-0.2, 0) is 56.4 Å². The second kappa shape index (κ2) is 30.6. The number of carboxylic acids is 1. The quantitative estimate of drug-likeness (QED) is 0.0188. The first-order chi connectivity index (χ1) is 43.9. The second-order valence-corrected chi connectivity index (χ2v) is 22.2. The number of carbonyl (C=O) groups is 8. The van der Waals surface area contributed by atoms with Gasteiger partial charge in [0.05, 0.1) is 73.5 Å². The number of ether oxygens (including phenoxy) is 6. The van der Waals surface area contributed by atoms with Gasteiger partial charge in [0.15, 0.2) is 23.8 Å². The molecule has 2 saturated heterocycles. The molecule has 5 aromatic rings. The molecule has 92 heavy (non-hydrogen) atoms. The largest absolute Gasteiger partial charge is 0.493 e. The SMILES string of the molecule is C=C1C[C@H]2C(O)N(C(=O)OCc3ccc(O[C@@H]4O[C@H](C(=O)O)[C@@H](O)[C@H](O)[C@H]4O)c(C(=O)NCCOCCON)c3)c3cc(OCCCC(=O)Nc4cc(C(=O)Nc5cc(C(=O)Nc6cc(C(=O)NCCCN(C)C)n(C)c6)n(C)c5)n(C)c4)c(OC)cc3C(=O)N2C1. The zero-order valence-electron chi connectivity index (χ0n) is 51.4. The molecule has 0 saturated carbocycles. The van der Waals surface area contributed by atoms with E-state index in [1.807, 2.05) is 19.0 Å². The summed E-state index contributed by atoms with van der Waals surface area (Å²) in [5.74, 6) is 0.0640. The summed E-state index contributed by atoms with van der Waals surface area (Å²) in [7, 11) is 10.2. The zero-order chi connectivity index (χ0) is 66.7. The van der Waals surface area contributed by atoms with Crippen LogP contribution in [0.1, 0.15) is 83.4 Å². The molecule has 0 radical (unpaired) electrons. The van der Waals surface area contributed by atoms with Crippen molar-refractivity contribution in [3.8, 4) is 17.2 Å². The number of nitrogens with zero attached hydrogens (tertiary/aromatic N) is 6. The number of amides is 7. The van der Waals surface area contributed by atoms with Crippen molar-refractivity contribution in [1.82, 2.24) is 34.1 Å². The third-order valence-electron chi connectivity index (χ3n) is 15.1. The molecule has 0 bridgehead atoms. The Morgan fingerprint density at radius 3 is 1.98 bits per heavy atom. The molecule has 3 aromatic heterocycles. The van der Waals surface area contributed by atoms with Crippen LogP contribution >= 0.6 is 0 Å². The summed E-state index contributed by atoms with van der Waals surface area (Å²) in [5, 5.41) is 66.8. The second-order valence-electron chi connectivity index (χ2n) is 22.2. The summed E-state index contributed by atoms with van der Waals surface area (Å²) in [5.41, 5.74) is 2.09. The highest BCUT2D eigenvalue weighted by Crippen LogP contribution is 2.42. The highest BCUT2D eigenvalue weighted by Gasteiger charge is 2.49. The average Bonchev–Trinajstić information content (AvgIpc) is 1.57. The van der Waals surface area contributed by atoms with Crippen molar-refractivity contribution in [3.05, 3.63) is 113 Å². The normalized spacial score (nSPS) is 19.4. The minimum Gasteiger partial charge on any atom is -0.493 e. The molecule has 6 heterocycles. The molecule has 32 heteroatoms. The van der Waals surface area contributed by atoms with E-state index in [0.29, 0.717) is 34.9 Å². The van der Waals surface area contributed by atoms with E-state index >= 15 is 0 Å². The predicted octanol–water partition coefficient (Wildman–Crippen LogP) is 0.848. The highest BCUT2D eigenvalue weighted by molar-refractivity contribution is 6.08. The van der Waals surface area contributed by atoms with E-state index in [-0.39, 0.29) is 116 Å². The molecule has 3 aliphatic heterocycles. The number of aliphatic carboxylic acids is 1. The molecule has 3 aliphatic rings. The van der Waals surface area contributed by atoms with E-state index in [4.69, 9.17) is 34.3 Å². The van der Waals surface area contributed by atoms with Gasteiger partial charge in [-0.15, -0.1) is 0 Å². The number of aryl methyl sites for hydroxylation is 3. The molecule has 12 N–H and O–H groups in total. The van der Waals surface area contributed by atoms with Crippen LogP contribution in [0, 0.1) is 0 Å². The van der Waals surface area contributed by atoms with Crippen molar-refractivity contribution in [1.29, 1.82) is 0 Å². The highest BCUT2D eigenvalue weighted by atomic mass is 16.7. The Labute approximate surface area is 527 Å². The Morgan fingerprint density at radius 2 is 1.36 bits per heavy atom. The lowest BCUT2D eigenvalue weighted by atomic mass is 9.99. The molecule has 496 valence electrons. The van der Waals surface area contributed by atoms with Gasteiger partial charge >= 0.3 is 12.1 Å². The topological polar surface area (TPSA) is 413 Å². The van der Waals surface area contributed by atoms with E-state index < -0.39 is 91.2 Å². The van der Waals surface area contributed by atoms with Crippen LogP contribution in [0.4, 0.5) is 27.5 Å². The van der Waals surface area contributed by atoms with Gasteiger partial charge in [-0.1, -0.05) is 18.2 Å². The average molecular weight is 1290 g/mol. The molecule has 2 fully saturated rings. The van der Waals surface area contributed by atoms with Crippen LogP contribution in [-0.4, -0.2) is 213 Å². The lowest BCUT2D eigenvalue weighted by Gasteiger charge is -2.38. The van der Waals surface area contributed by atoms with E-state index in [9.17, 15) is 63.9 Å². The van der Waals surface area contributed by atoms with Gasteiger partial charge in [0.1, 0.15) is 47.8 Å². The standard InChI is InChI=1S/C60H76N12O20/c1-32-20-43-57(82)72(60(85)89-31-33-11-12-44(38(21-33)52(77)63-14-17-87-18-19-90-61)91-59-50(76)48(74)49(75)51(92-59)58(83)84)39-26-46(45(86-7)25-37(39)56(81)71(43)27-32)88-16-8-10-47(73)64-34-22-41(69(5)28-34)54(79)66-36-24-42(70(6)30-36)55(80)65-35-23-40(68(4)29-35)53(78)62-13-9-15-67(2)3/h11-12,21-26,28-30,43,48-51,57,59,74-76,82H,1,8-10,13-20,27,31,61H2,2-7H3,(H,62,78)(H,63,77)(H,64,73)(H,65,80)(H,66,79)(H,83,84)/t43-,48-,49-,50+,51-,57?,59+/m0/s1. The number of methoxy groups -OCH3 is 1. The smallest absolute Gasteiger partial charge is 0.416 e. The van der Waals surface area contributed by atoms with Crippen LogP contribution in [0.2, 0.25) is 0 Å². The number of nitrogens with one attached hydrogen (secondary N) is 5. The molecule has 32 nitrogen and oxygen atoms in total. The number of carboxylic acid groups (broad SMARTS) is 1. The molecular weight excluding hydrogens is 1210 g/mol. The fourth-order valence-electron chi connectivity index (χ4n) is 10.5. The van der Waals surface area contributed by atoms with Crippen LogP contribution in [0.25, 0.3) is 0 Å². The summed E-state index contributed by atoms with van der Waals surface area (Å²) in [4.78, 5) is 116. The lowest BCUT2D eigenvalue weighted by Crippen LogP contribution is -2.61. The number of fused-ring (bicyclic) bond motifs is 2. The molecule has 0 aliphatic carbocycles.